The van der Waals surface area contributed by atoms with E-state index in [9.17, 15) is 0 Å². The molecule has 56 heavy (non-hydrogen) atoms. The third kappa shape index (κ3) is 5.76. The van der Waals surface area contributed by atoms with Gasteiger partial charge >= 0.3 is 0 Å². The first-order chi connectivity index (χ1) is 27.1. The molecule has 0 atom stereocenters. The fourth-order valence-corrected chi connectivity index (χ4v) is 9.09. The topological polar surface area (TPSA) is 57.4 Å². The third-order valence-corrected chi connectivity index (χ3v) is 11.7. The number of aromatic nitrogens is 4. The second kappa shape index (κ2) is 13.6. The molecular formula is C52H46N4. The number of nitrogens with zero attached hydrogens (tertiary/aromatic N) is 2. The molecule has 4 nitrogen and oxygen atoms in total. The van der Waals surface area contributed by atoms with Gasteiger partial charge in [-0.2, -0.15) is 0 Å². The van der Waals surface area contributed by atoms with E-state index in [1.807, 2.05) is 0 Å². The van der Waals surface area contributed by atoms with Gasteiger partial charge in [0.15, 0.2) is 0 Å². The maximum absolute atomic E-state index is 5.56. The standard InChI is InChI=1S/C52H46N4/c1-29-13-9-14-30(2)45(29)49-37-21-23-39(53-37)50(46-31(3)15-10-16-32(46)4)41-25-27-43(55-41)52(48-35(7)19-12-20-36(48)8)44-28-26-42(56-44)51(40-24-22-38(49)54-40)47-33(5)17-11-18-34(47)6/h9-28,53-54H,1-8H3. The molecule has 3 aromatic heterocycles. The Bertz CT molecular complexity index is 2770. The molecule has 2 N–H and O–H groups in total. The van der Waals surface area contributed by atoms with Crippen molar-refractivity contribution in [2.75, 3.05) is 0 Å². The summed E-state index contributed by atoms with van der Waals surface area (Å²) >= 11 is 0. The number of rotatable bonds is 4. The molecule has 7 aromatic rings. The molecular weight excluding hydrogens is 681 g/mol. The van der Waals surface area contributed by atoms with Crippen molar-refractivity contribution in [2.24, 2.45) is 0 Å². The molecule has 5 heterocycles. The van der Waals surface area contributed by atoms with Crippen molar-refractivity contribution in [3.63, 3.8) is 0 Å². The van der Waals surface area contributed by atoms with E-state index in [1.165, 1.54) is 66.8 Å². The van der Waals surface area contributed by atoms with Crippen LogP contribution in [0.15, 0.2) is 97.1 Å². The van der Waals surface area contributed by atoms with Gasteiger partial charge in [0.05, 0.1) is 22.8 Å². The Hall–Kier alpha value is -6.52. The van der Waals surface area contributed by atoms with Gasteiger partial charge in [-0.25, -0.2) is 9.97 Å². The van der Waals surface area contributed by atoms with Crippen molar-refractivity contribution >= 4 is 46.4 Å². The van der Waals surface area contributed by atoms with Crippen molar-refractivity contribution in [2.45, 2.75) is 55.4 Å². The summed E-state index contributed by atoms with van der Waals surface area (Å²) in [6.45, 7) is 17.6. The van der Waals surface area contributed by atoms with Crippen LogP contribution >= 0.6 is 0 Å². The smallest absolute Gasteiger partial charge is 0.0738 e. The summed E-state index contributed by atoms with van der Waals surface area (Å²) in [7, 11) is 0. The summed E-state index contributed by atoms with van der Waals surface area (Å²) in [5, 5.41) is 0. The Labute approximate surface area is 329 Å². The lowest BCUT2D eigenvalue weighted by Crippen LogP contribution is -1.96. The second-order valence-electron chi connectivity index (χ2n) is 15.6. The number of aryl methyl sites for hydroxylation is 8. The third-order valence-electron chi connectivity index (χ3n) is 11.7. The van der Waals surface area contributed by atoms with Crippen LogP contribution in [0.4, 0.5) is 0 Å². The van der Waals surface area contributed by atoms with Gasteiger partial charge < -0.3 is 9.97 Å². The van der Waals surface area contributed by atoms with Gasteiger partial charge in [-0.1, -0.05) is 72.8 Å². The molecule has 0 saturated heterocycles. The van der Waals surface area contributed by atoms with Crippen LogP contribution in [0.2, 0.25) is 0 Å². The van der Waals surface area contributed by atoms with E-state index in [-0.39, 0.29) is 0 Å². The quantitative estimate of drug-likeness (QED) is 0.190. The second-order valence-corrected chi connectivity index (χ2v) is 15.6. The van der Waals surface area contributed by atoms with Crippen molar-refractivity contribution in [3.05, 3.63) is 164 Å². The lowest BCUT2D eigenvalue weighted by Gasteiger charge is -2.13. The average Bonchev–Trinajstić information content (AvgIpc) is 4.00. The summed E-state index contributed by atoms with van der Waals surface area (Å²) in [5.74, 6) is 0. The molecule has 8 bridgehead atoms. The van der Waals surface area contributed by atoms with Gasteiger partial charge in [0.25, 0.3) is 0 Å². The highest BCUT2D eigenvalue weighted by molar-refractivity contribution is 6.02. The summed E-state index contributed by atoms with van der Waals surface area (Å²) in [4.78, 5) is 19.0. The lowest BCUT2D eigenvalue weighted by molar-refractivity contribution is 1.25. The number of fused-ring (bicyclic) bond motifs is 8. The maximum Gasteiger partial charge on any atom is 0.0738 e. The van der Waals surface area contributed by atoms with Crippen LogP contribution < -0.4 is 0 Å². The molecule has 4 heteroatoms. The molecule has 0 amide bonds. The first kappa shape index (κ1) is 35.2. The van der Waals surface area contributed by atoms with Gasteiger partial charge in [-0.15, -0.1) is 0 Å². The Morgan fingerprint density at radius 2 is 0.500 bits per heavy atom. The lowest BCUT2D eigenvalue weighted by atomic mass is 9.93. The van der Waals surface area contributed by atoms with Crippen molar-refractivity contribution in [1.29, 1.82) is 0 Å². The zero-order valence-corrected chi connectivity index (χ0v) is 33.4. The predicted molar refractivity (Wildman–Crippen MR) is 238 cm³/mol. The van der Waals surface area contributed by atoms with Gasteiger partial charge in [-0.05, 0) is 171 Å². The van der Waals surface area contributed by atoms with E-state index in [0.29, 0.717) is 0 Å². The summed E-state index contributed by atoms with van der Waals surface area (Å²) in [5.41, 5.74) is 26.5. The summed E-state index contributed by atoms with van der Waals surface area (Å²) in [6.07, 6.45) is 8.74. The van der Waals surface area contributed by atoms with Crippen LogP contribution in [0, 0.1) is 55.4 Å². The highest BCUT2D eigenvalue weighted by Crippen LogP contribution is 2.42. The van der Waals surface area contributed by atoms with Crippen molar-refractivity contribution < 1.29 is 0 Å². The number of H-pyrrole nitrogens is 2. The van der Waals surface area contributed by atoms with E-state index in [4.69, 9.17) is 9.97 Å². The zero-order valence-electron chi connectivity index (χ0n) is 33.4. The number of nitrogens with one attached hydrogen (secondary N) is 2. The predicted octanol–water partition coefficient (Wildman–Crippen LogP) is 13.8. The van der Waals surface area contributed by atoms with Gasteiger partial charge in [0, 0.05) is 44.3 Å². The Kier molecular flexibility index (Phi) is 8.58. The van der Waals surface area contributed by atoms with Crippen LogP contribution in [0.25, 0.3) is 90.9 Å². The Morgan fingerprint density at radius 1 is 0.268 bits per heavy atom. The van der Waals surface area contributed by atoms with Gasteiger partial charge in [0.2, 0.25) is 0 Å². The van der Waals surface area contributed by atoms with Gasteiger partial charge in [-0.3, -0.25) is 0 Å². The molecule has 0 fully saturated rings. The average molecular weight is 727 g/mol. The fraction of sp³-hybridized carbons (Fsp3) is 0.154. The highest BCUT2D eigenvalue weighted by atomic mass is 14.8. The molecule has 274 valence electrons. The van der Waals surface area contributed by atoms with Crippen LogP contribution in [0.3, 0.4) is 0 Å². The minimum atomic E-state index is 0.906. The minimum Gasteiger partial charge on any atom is -0.354 e. The first-order valence-electron chi connectivity index (χ1n) is 19.5. The van der Waals surface area contributed by atoms with Crippen molar-refractivity contribution in [1.82, 2.24) is 19.9 Å². The normalized spacial score (nSPS) is 12.1. The molecule has 2 aliphatic rings. The van der Waals surface area contributed by atoms with E-state index in [1.54, 1.807) is 0 Å². The molecule has 0 unspecified atom stereocenters. The highest BCUT2D eigenvalue weighted by Gasteiger charge is 2.23. The van der Waals surface area contributed by atoms with E-state index < -0.39 is 0 Å². The monoisotopic (exact) mass is 726 g/mol. The fourth-order valence-electron chi connectivity index (χ4n) is 9.09. The molecule has 0 radical (unpaired) electrons. The van der Waals surface area contributed by atoms with Gasteiger partial charge in [0.1, 0.15) is 0 Å². The largest absolute Gasteiger partial charge is 0.354 e. The zero-order chi connectivity index (χ0) is 38.8. The molecule has 0 saturated carbocycles. The minimum absolute atomic E-state index is 0.906. The van der Waals surface area contributed by atoms with Crippen LogP contribution in [-0.2, 0) is 0 Å². The number of aromatic amines is 2. The SMILES string of the molecule is Cc1cccc(C)c1-c1c2nc(c(-c3c(C)cccc3C)c3ccc([nH]3)c(-c3c(C)cccc3C)c3ccc([nH]3)c(-c3c(C)cccc3C)c3nc1C=C3)C=C2. The van der Waals surface area contributed by atoms with Crippen LogP contribution in [0.1, 0.15) is 67.3 Å². The van der Waals surface area contributed by atoms with Crippen LogP contribution in [-0.4, -0.2) is 19.9 Å². The van der Waals surface area contributed by atoms with E-state index >= 15 is 0 Å². The number of hydrogen-bond acceptors (Lipinski definition) is 2. The van der Waals surface area contributed by atoms with Crippen LogP contribution in [0.5, 0.6) is 0 Å². The molecule has 0 spiro atoms. The number of benzene rings is 4. The Balaban J connectivity index is 1.55. The van der Waals surface area contributed by atoms with Crippen molar-refractivity contribution in [3.8, 4) is 44.5 Å². The molecule has 4 aromatic carbocycles. The first-order valence-corrected chi connectivity index (χ1v) is 19.5. The Morgan fingerprint density at radius 3 is 0.804 bits per heavy atom. The van der Waals surface area contributed by atoms with E-state index in [2.05, 4.69) is 187 Å². The molecule has 9 rings (SSSR count). The summed E-state index contributed by atoms with van der Waals surface area (Å²) in [6, 6.07) is 35.1. The number of hydrogen-bond donors (Lipinski definition) is 2. The van der Waals surface area contributed by atoms with E-state index in [0.717, 1.165) is 67.1 Å². The maximum atomic E-state index is 5.56. The molecule has 2 aliphatic heterocycles. The molecule has 0 aliphatic carbocycles. The summed E-state index contributed by atoms with van der Waals surface area (Å²) < 4.78 is 0.